The molecule has 4 rings (SSSR count). The number of hydrogen-bond acceptors (Lipinski definition) is 9. The second-order valence-corrected chi connectivity index (χ2v) is 14.3. The molecule has 0 saturated heterocycles. The summed E-state index contributed by atoms with van der Waals surface area (Å²) in [6, 6.07) is 9.80. The summed E-state index contributed by atoms with van der Waals surface area (Å²) in [5.41, 5.74) is 6.46. The van der Waals surface area contributed by atoms with Crippen molar-refractivity contribution in [1.82, 2.24) is 25.2 Å². The second kappa shape index (κ2) is 16.7. The van der Waals surface area contributed by atoms with Gasteiger partial charge < -0.3 is 30.4 Å². The van der Waals surface area contributed by atoms with Gasteiger partial charge in [-0.05, 0) is 96.3 Å². The van der Waals surface area contributed by atoms with E-state index in [4.69, 9.17) is 16.3 Å². The molecule has 3 aromatic rings. The van der Waals surface area contributed by atoms with E-state index in [2.05, 4.69) is 59.1 Å². The number of hydrogen-bond donors (Lipinski definition) is 3. The molecule has 1 unspecified atom stereocenters. The molecule has 0 spiro atoms. The van der Waals surface area contributed by atoms with Gasteiger partial charge in [-0.1, -0.05) is 17.7 Å². The van der Waals surface area contributed by atoms with Gasteiger partial charge in [0.2, 0.25) is 5.91 Å². The fourth-order valence-electron chi connectivity index (χ4n) is 4.72. The van der Waals surface area contributed by atoms with E-state index in [-0.39, 0.29) is 30.4 Å². The number of amides is 2. The molecule has 262 valence electrons. The van der Waals surface area contributed by atoms with Crippen molar-refractivity contribution >= 4 is 79.9 Å². The standard InChI is InChI=1S/C31H34ClF3IN8O4P/c1-30(2,3)48-29(46)43(18-19-5-6-27(24(32)11-19)47-31(33,34)35)10-7-28(45)39-9-4-8-38-25-13-20(21-12-22(15-37)42-40-16-21)14-26-23(25)17-41-44(26)49-36/h5-6,11-14,17,38,40,49H,4,7-10,16,18H2,1-3H3,(H,39,45). The van der Waals surface area contributed by atoms with Crippen LogP contribution >= 0.6 is 40.0 Å². The summed E-state index contributed by atoms with van der Waals surface area (Å²) in [6.07, 6.45) is -1.08. The average Bonchev–Trinajstić information content (AvgIpc) is 3.46. The summed E-state index contributed by atoms with van der Waals surface area (Å²) in [4.78, 5) is 27.0. The summed E-state index contributed by atoms with van der Waals surface area (Å²) >= 11 is 8.26. The Bertz CT molecular complexity index is 1790. The molecule has 18 heteroatoms. The Balaban J connectivity index is 1.33. The predicted molar refractivity (Wildman–Crippen MR) is 192 cm³/mol. The molecule has 0 saturated carbocycles. The van der Waals surface area contributed by atoms with E-state index in [1.807, 2.05) is 16.6 Å². The highest BCUT2D eigenvalue weighted by molar-refractivity contribution is 14.2. The fourth-order valence-corrected chi connectivity index (χ4v) is 6.49. The number of halogens is 5. The zero-order chi connectivity index (χ0) is 35.8. The largest absolute Gasteiger partial charge is 0.573 e. The number of carbonyl (C=O) groups excluding carboxylic acids is 2. The van der Waals surface area contributed by atoms with E-state index < -0.39 is 23.8 Å². The maximum atomic E-state index is 12.9. The first-order valence-corrected chi connectivity index (χ1v) is 19.4. The van der Waals surface area contributed by atoms with E-state index in [1.165, 1.54) is 17.0 Å². The van der Waals surface area contributed by atoms with Crippen LogP contribution in [0.4, 0.5) is 23.7 Å². The first kappa shape index (κ1) is 38.0. The van der Waals surface area contributed by atoms with Crippen LogP contribution in [-0.2, 0) is 16.1 Å². The molecule has 2 amide bonds. The first-order chi connectivity index (χ1) is 23.2. The highest BCUT2D eigenvalue weighted by Crippen LogP contribution is 2.35. The van der Waals surface area contributed by atoms with Crippen molar-refractivity contribution in [3.63, 3.8) is 0 Å². The highest BCUT2D eigenvalue weighted by Gasteiger charge is 2.32. The number of aromatic nitrogens is 2. The van der Waals surface area contributed by atoms with Crippen LogP contribution in [0.3, 0.4) is 0 Å². The van der Waals surface area contributed by atoms with Gasteiger partial charge in [0.25, 0.3) is 0 Å². The van der Waals surface area contributed by atoms with Gasteiger partial charge in [0.05, 0.1) is 29.7 Å². The van der Waals surface area contributed by atoms with Gasteiger partial charge in [0, 0.05) is 43.7 Å². The Morgan fingerprint density at radius 3 is 2.67 bits per heavy atom. The van der Waals surface area contributed by atoms with E-state index >= 15 is 0 Å². The van der Waals surface area contributed by atoms with E-state index in [9.17, 15) is 28.0 Å². The maximum Gasteiger partial charge on any atom is 0.573 e. The molecular weight excluding hydrogens is 799 g/mol. The number of nitrogens with one attached hydrogen (secondary N) is 3. The van der Waals surface area contributed by atoms with Crippen LogP contribution in [0.25, 0.3) is 16.5 Å². The van der Waals surface area contributed by atoms with Crippen molar-refractivity contribution in [2.45, 2.75) is 52.1 Å². The molecule has 1 aliphatic heterocycles. The third-order valence-electron chi connectivity index (χ3n) is 6.88. The number of ether oxygens (including phenoxy) is 2. The molecule has 1 aromatic heterocycles. The molecule has 0 aliphatic carbocycles. The molecular formula is C31H34ClF3IN8O4P. The summed E-state index contributed by atoms with van der Waals surface area (Å²) < 4.78 is 49.2. The monoisotopic (exact) mass is 832 g/mol. The van der Waals surface area contributed by atoms with Crippen LogP contribution in [0.5, 0.6) is 5.75 Å². The van der Waals surface area contributed by atoms with Gasteiger partial charge in [0.1, 0.15) is 17.4 Å². The third kappa shape index (κ3) is 11.4. The Kier molecular flexibility index (Phi) is 13.0. The third-order valence-corrected chi connectivity index (χ3v) is 9.06. The van der Waals surface area contributed by atoms with Gasteiger partial charge in [-0.3, -0.25) is 4.79 Å². The van der Waals surface area contributed by atoms with Gasteiger partial charge in [-0.15, -0.1) is 13.2 Å². The van der Waals surface area contributed by atoms with Gasteiger partial charge in [-0.2, -0.15) is 15.5 Å². The van der Waals surface area contributed by atoms with Crippen molar-refractivity contribution in [2.75, 3.05) is 31.5 Å². The number of rotatable bonds is 13. The fraction of sp³-hybridized carbons (Fsp3) is 0.387. The number of fused-ring (bicyclic) bond motifs is 1. The molecule has 12 nitrogen and oxygen atoms in total. The zero-order valence-corrected chi connectivity index (χ0v) is 30.7. The Morgan fingerprint density at radius 2 is 2.00 bits per heavy atom. The normalized spacial score (nSPS) is 13.4. The van der Waals surface area contributed by atoms with Crippen LogP contribution in [0.1, 0.15) is 44.7 Å². The number of hydrazone groups is 1. The lowest BCUT2D eigenvalue weighted by atomic mass is 10.0. The minimum Gasteiger partial charge on any atom is -0.444 e. The number of anilines is 1. The molecule has 2 heterocycles. The molecule has 0 radical (unpaired) electrons. The van der Waals surface area contributed by atoms with Crippen molar-refractivity contribution in [2.24, 2.45) is 5.10 Å². The van der Waals surface area contributed by atoms with Crippen LogP contribution in [0.15, 0.2) is 47.7 Å². The summed E-state index contributed by atoms with van der Waals surface area (Å²) in [7, 11) is 0. The number of benzene rings is 2. The van der Waals surface area contributed by atoms with Crippen LogP contribution in [0, 0.1) is 11.3 Å². The lowest BCUT2D eigenvalue weighted by Gasteiger charge is -2.27. The highest BCUT2D eigenvalue weighted by atomic mass is 127. The quantitative estimate of drug-likeness (QED) is 0.0950. The number of allylic oxidation sites excluding steroid dienone is 1. The molecule has 1 aliphatic rings. The van der Waals surface area contributed by atoms with Crippen molar-refractivity contribution < 1.29 is 32.2 Å². The van der Waals surface area contributed by atoms with Crippen LogP contribution in [-0.4, -0.2) is 70.3 Å². The molecule has 49 heavy (non-hydrogen) atoms. The van der Waals surface area contributed by atoms with Crippen LogP contribution < -0.4 is 20.8 Å². The van der Waals surface area contributed by atoms with Crippen molar-refractivity contribution in [1.29, 1.82) is 5.26 Å². The van der Waals surface area contributed by atoms with Gasteiger partial charge in [-0.25, -0.2) is 9.25 Å². The van der Waals surface area contributed by atoms with E-state index in [1.54, 1.807) is 33.0 Å². The Morgan fingerprint density at radius 1 is 1.22 bits per heavy atom. The second-order valence-electron chi connectivity index (χ2n) is 11.8. The average molecular weight is 833 g/mol. The SMILES string of the molecule is CC(C)(C)OC(=O)N(CCC(=O)NCCCNc1cc(C2=CC(C#N)=NNC2)cc2c1cnn2PI)Cc1ccc(OC(F)(F)F)c(Cl)c1. The lowest BCUT2D eigenvalue weighted by Crippen LogP contribution is -2.39. The Labute approximate surface area is 300 Å². The molecule has 0 fully saturated rings. The topological polar surface area (TPSA) is 146 Å². The van der Waals surface area contributed by atoms with Gasteiger partial charge >= 0.3 is 12.5 Å². The minimum absolute atomic E-state index is 0.00735. The summed E-state index contributed by atoms with van der Waals surface area (Å²) in [5.74, 6) is -0.854. The molecule has 3 N–H and O–H groups in total. The Hall–Kier alpha value is -3.81. The summed E-state index contributed by atoms with van der Waals surface area (Å²) in [6.45, 7) is 6.41. The van der Waals surface area contributed by atoms with Gasteiger partial charge in [0.15, 0.2) is 5.71 Å². The molecule has 1 atom stereocenters. The number of alkyl halides is 3. The van der Waals surface area contributed by atoms with Crippen LogP contribution in [0.2, 0.25) is 5.02 Å². The number of carbonyl (C=O) groups is 2. The molecule has 0 bridgehead atoms. The predicted octanol–water partition coefficient (Wildman–Crippen LogP) is 6.99. The molecule has 2 aromatic carbocycles. The van der Waals surface area contributed by atoms with Crippen molar-refractivity contribution in [3.05, 3.63) is 58.8 Å². The van der Waals surface area contributed by atoms with E-state index in [0.29, 0.717) is 43.7 Å². The smallest absolute Gasteiger partial charge is 0.444 e. The lowest BCUT2D eigenvalue weighted by molar-refractivity contribution is -0.274. The van der Waals surface area contributed by atoms with Crippen molar-refractivity contribution in [3.8, 4) is 11.8 Å². The number of nitriles is 1. The first-order valence-electron chi connectivity index (χ1n) is 15.0. The number of nitrogens with zero attached hydrogens (tertiary/aromatic N) is 5. The van der Waals surface area contributed by atoms with E-state index in [0.717, 1.165) is 33.8 Å². The summed E-state index contributed by atoms with van der Waals surface area (Å²) in [5, 5.41) is 24.7. The maximum absolute atomic E-state index is 12.9. The minimum atomic E-state index is -4.90. The zero-order valence-electron chi connectivity index (χ0n) is 26.8.